The zero-order valence-electron chi connectivity index (χ0n) is 17.8. The maximum Gasteiger partial charge on any atom is 0.335 e. The molecule has 1 aliphatic carbocycles. The van der Waals surface area contributed by atoms with Crippen molar-refractivity contribution in [1.82, 2.24) is 9.13 Å². The Kier molecular flexibility index (Phi) is 7.16. The van der Waals surface area contributed by atoms with Gasteiger partial charge in [-0.25, -0.2) is 13.8 Å². The third-order valence-electron chi connectivity index (χ3n) is 5.65. The highest BCUT2D eigenvalue weighted by atomic mass is 19.2. The van der Waals surface area contributed by atoms with E-state index in [-0.39, 0.29) is 5.92 Å². The van der Waals surface area contributed by atoms with Gasteiger partial charge in [0.2, 0.25) is 0 Å². The highest BCUT2D eigenvalue weighted by Gasteiger charge is 2.57. The first kappa shape index (κ1) is 24.1. The fraction of sp³-hybridized carbons (Fsp3) is 0.700. The minimum Gasteiger partial charge on any atom is -0.459 e. The van der Waals surface area contributed by atoms with Crippen LogP contribution in [0.1, 0.15) is 45.8 Å². The number of aliphatic hydroxyl groups is 2. The molecule has 3 rings (SSSR count). The molecule has 2 aliphatic rings. The Balaban J connectivity index is 1.77. The lowest BCUT2D eigenvalue weighted by Crippen LogP contribution is -2.44. The smallest absolute Gasteiger partial charge is 0.335 e. The highest BCUT2D eigenvalue weighted by molar-refractivity contribution is 5.72. The van der Waals surface area contributed by atoms with Gasteiger partial charge >= 0.3 is 17.6 Å². The Labute approximate surface area is 182 Å². The van der Waals surface area contributed by atoms with Crippen LogP contribution < -0.4 is 11.2 Å². The van der Waals surface area contributed by atoms with Crippen molar-refractivity contribution in [2.75, 3.05) is 6.61 Å². The molecule has 0 spiro atoms. The molecule has 178 valence electrons. The van der Waals surface area contributed by atoms with Crippen molar-refractivity contribution in [3.05, 3.63) is 33.1 Å². The van der Waals surface area contributed by atoms with Crippen LogP contribution in [0.5, 0.6) is 0 Å². The van der Waals surface area contributed by atoms with E-state index in [1.807, 2.05) is 0 Å². The van der Waals surface area contributed by atoms with Crippen LogP contribution in [0.3, 0.4) is 0 Å². The monoisotopic (exact) mass is 458 g/mol. The van der Waals surface area contributed by atoms with E-state index in [0.717, 1.165) is 25.1 Å². The van der Waals surface area contributed by atoms with Crippen molar-refractivity contribution in [1.29, 1.82) is 0 Å². The van der Waals surface area contributed by atoms with E-state index in [1.54, 1.807) is 0 Å². The van der Waals surface area contributed by atoms with Crippen molar-refractivity contribution < 1.29 is 38.4 Å². The lowest BCUT2D eigenvalue weighted by atomic mass is 10.1. The highest BCUT2D eigenvalue weighted by Crippen LogP contribution is 2.38. The fourth-order valence-corrected chi connectivity index (χ4v) is 3.68. The molecule has 4 atom stereocenters. The molecule has 1 aliphatic heterocycles. The topological polar surface area (TPSA) is 146 Å². The summed E-state index contributed by atoms with van der Waals surface area (Å²) >= 11 is 0. The number of hydrogen-bond donors (Lipinski definition) is 2. The van der Waals surface area contributed by atoms with Crippen LogP contribution in [0.4, 0.5) is 4.39 Å². The minimum atomic E-state index is -2.98. The van der Waals surface area contributed by atoms with E-state index >= 15 is 4.39 Å². The van der Waals surface area contributed by atoms with Crippen molar-refractivity contribution in [3.8, 4) is 0 Å². The fourth-order valence-electron chi connectivity index (χ4n) is 3.68. The normalized spacial score (nSPS) is 28.2. The summed E-state index contributed by atoms with van der Waals surface area (Å²) in [6, 6.07) is 0.949. The molecule has 0 radical (unpaired) electrons. The second kappa shape index (κ2) is 9.51. The summed E-state index contributed by atoms with van der Waals surface area (Å²) in [7, 11) is 0. The summed E-state index contributed by atoms with van der Waals surface area (Å²) in [5, 5.41) is 20.4. The Hall–Kier alpha value is -2.57. The molecular formula is C20H27FN2O9. The molecule has 0 amide bonds. The van der Waals surface area contributed by atoms with Gasteiger partial charge in [-0.2, -0.15) is 0 Å². The molecule has 1 saturated heterocycles. The van der Waals surface area contributed by atoms with E-state index in [4.69, 9.17) is 14.2 Å². The number of halogens is 1. The summed E-state index contributed by atoms with van der Waals surface area (Å²) in [5.74, 6) is -5.09. The van der Waals surface area contributed by atoms with Gasteiger partial charge in [-0.3, -0.25) is 19.0 Å². The maximum atomic E-state index is 15.1. The van der Waals surface area contributed by atoms with Gasteiger partial charge in [-0.1, -0.05) is 26.7 Å². The van der Waals surface area contributed by atoms with Gasteiger partial charge in [0.1, 0.15) is 12.2 Å². The third kappa shape index (κ3) is 4.76. The first-order valence-corrected chi connectivity index (χ1v) is 10.4. The van der Waals surface area contributed by atoms with Gasteiger partial charge < -0.3 is 24.4 Å². The van der Waals surface area contributed by atoms with Gasteiger partial charge in [0, 0.05) is 12.3 Å². The summed E-state index contributed by atoms with van der Waals surface area (Å²) in [6.07, 6.45) is -1.67. The predicted octanol–water partition coefficient (Wildman–Crippen LogP) is -0.183. The van der Waals surface area contributed by atoms with Crippen LogP contribution in [0.15, 0.2) is 21.9 Å². The first-order chi connectivity index (χ1) is 15.0. The Bertz CT molecular complexity index is 969. The molecule has 0 aromatic carbocycles. The Morgan fingerprint density at radius 3 is 2.53 bits per heavy atom. The van der Waals surface area contributed by atoms with Crippen LogP contribution in [-0.4, -0.2) is 56.0 Å². The van der Waals surface area contributed by atoms with E-state index in [2.05, 4.69) is 0 Å². The average molecular weight is 458 g/mol. The molecule has 2 heterocycles. The van der Waals surface area contributed by atoms with Crippen LogP contribution in [0.25, 0.3) is 0 Å². The minimum absolute atomic E-state index is 0.285. The zero-order valence-corrected chi connectivity index (χ0v) is 17.8. The summed E-state index contributed by atoms with van der Waals surface area (Å²) in [6.45, 7) is 1.39. The molecule has 0 bridgehead atoms. The van der Waals surface area contributed by atoms with Crippen molar-refractivity contribution in [2.45, 2.75) is 70.6 Å². The Morgan fingerprint density at radius 1 is 1.25 bits per heavy atom. The second-order valence-electron chi connectivity index (χ2n) is 8.34. The van der Waals surface area contributed by atoms with Gasteiger partial charge in [0.15, 0.2) is 19.6 Å². The SMILES string of the molecule is CC(C)C(=O)OC[C@@]1(F)O[C@@H](n2ccc(=O)n(COC(=O)C3CCCC3)c2=O)[C@H](O)[C@@H]1O. The number of carbonyl (C=O) groups is 2. The van der Waals surface area contributed by atoms with Crippen molar-refractivity contribution in [2.24, 2.45) is 11.8 Å². The van der Waals surface area contributed by atoms with Crippen molar-refractivity contribution >= 4 is 11.9 Å². The number of ether oxygens (including phenoxy) is 3. The molecule has 32 heavy (non-hydrogen) atoms. The standard InChI is InChI=1S/C20H27FN2O9/c1-11(2)17(27)30-9-20(21)15(26)14(25)16(32-20)22-8-7-13(24)23(19(22)29)10-31-18(28)12-5-3-4-6-12/h7-8,11-12,14-16,25-26H,3-6,9-10H2,1-2H3/t14-,15+,16-,20-/m1/s1. The molecule has 0 unspecified atom stereocenters. The van der Waals surface area contributed by atoms with Gasteiger partial charge in [-0.15, -0.1) is 0 Å². The average Bonchev–Trinajstić information content (AvgIpc) is 3.36. The van der Waals surface area contributed by atoms with E-state index < -0.39 is 66.7 Å². The summed E-state index contributed by atoms with van der Waals surface area (Å²) < 4.78 is 31.3. The van der Waals surface area contributed by atoms with Crippen molar-refractivity contribution in [3.63, 3.8) is 0 Å². The summed E-state index contributed by atoms with van der Waals surface area (Å²) in [5.41, 5.74) is -1.83. The first-order valence-electron chi connectivity index (χ1n) is 10.4. The largest absolute Gasteiger partial charge is 0.459 e. The molecule has 1 aromatic heterocycles. The number of rotatable bonds is 7. The number of carbonyl (C=O) groups excluding carboxylic acids is 2. The van der Waals surface area contributed by atoms with Crippen LogP contribution in [0.2, 0.25) is 0 Å². The van der Waals surface area contributed by atoms with E-state index in [9.17, 15) is 29.4 Å². The molecule has 1 saturated carbocycles. The van der Waals surface area contributed by atoms with Gasteiger partial charge in [-0.05, 0) is 12.8 Å². The number of nitrogens with zero attached hydrogens (tertiary/aromatic N) is 2. The van der Waals surface area contributed by atoms with Crippen LogP contribution in [-0.2, 0) is 30.5 Å². The number of esters is 2. The molecule has 1 aromatic rings. The molecule has 12 heteroatoms. The lowest BCUT2D eigenvalue weighted by molar-refractivity contribution is -0.218. The molecule has 2 fully saturated rings. The second-order valence-corrected chi connectivity index (χ2v) is 8.34. The zero-order chi connectivity index (χ0) is 23.6. The van der Waals surface area contributed by atoms with E-state index in [1.165, 1.54) is 13.8 Å². The maximum absolute atomic E-state index is 15.1. The number of aromatic nitrogens is 2. The van der Waals surface area contributed by atoms with Crippen LogP contribution >= 0.6 is 0 Å². The van der Waals surface area contributed by atoms with E-state index in [0.29, 0.717) is 22.0 Å². The number of alkyl halides is 1. The molecule has 11 nitrogen and oxygen atoms in total. The number of hydrogen-bond acceptors (Lipinski definition) is 9. The third-order valence-corrected chi connectivity index (χ3v) is 5.65. The number of aliphatic hydroxyl groups excluding tert-OH is 2. The van der Waals surface area contributed by atoms with Gasteiger partial charge in [0.05, 0.1) is 11.8 Å². The molecular weight excluding hydrogens is 431 g/mol. The Morgan fingerprint density at radius 2 is 1.91 bits per heavy atom. The quantitative estimate of drug-likeness (QED) is 0.531. The van der Waals surface area contributed by atoms with Crippen LogP contribution in [0, 0.1) is 11.8 Å². The lowest BCUT2D eigenvalue weighted by Gasteiger charge is -2.23. The molecule has 2 N–H and O–H groups in total. The van der Waals surface area contributed by atoms with Gasteiger partial charge in [0.25, 0.3) is 11.4 Å². The summed E-state index contributed by atoms with van der Waals surface area (Å²) in [4.78, 5) is 48.6. The predicted molar refractivity (Wildman–Crippen MR) is 105 cm³/mol.